The van der Waals surface area contributed by atoms with E-state index in [0.29, 0.717) is 24.5 Å². The van der Waals surface area contributed by atoms with Gasteiger partial charge < -0.3 is 4.90 Å². The zero-order valence-electron chi connectivity index (χ0n) is 13.2. The minimum Gasteiger partial charge on any atom is -0.344 e. The molecule has 1 fully saturated rings. The molecular weight excluding hydrogens is 357 g/mol. The summed E-state index contributed by atoms with van der Waals surface area (Å²) in [7, 11) is 0. The van der Waals surface area contributed by atoms with Crippen LogP contribution in [-0.2, 0) is 4.79 Å². The number of thiophene rings is 1. The van der Waals surface area contributed by atoms with E-state index in [0.717, 1.165) is 15.6 Å². The molecule has 1 atom stereocenters. The lowest BCUT2D eigenvalue weighted by Gasteiger charge is -2.41. The van der Waals surface area contributed by atoms with Gasteiger partial charge in [0, 0.05) is 22.9 Å². The second-order valence-corrected chi connectivity index (χ2v) is 7.77. The summed E-state index contributed by atoms with van der Waals surface area (Å²) in [6.07, 6.45) is 0.310. The summed E-state index contributed by atoms with van der Waals surface area (Å²) in [5.41, 5.74) is 1.53. The van der Waals surface area contributed by atoms with Crippen LogP contribution in [0.15, 0.2) is 52.4 Å². The largest absolute Gasteiger partial charge is 0.344 e. The molecule has 2 aromatic rings. The lowest BCUT2D eigenvalue weighted by Crippen LogP contribution is -2.47. The predicted molar refractivity (Wildman–Crippen MR) is 97.4 cm³/mol. The van der Waals surface area contributed by atoms with Crippen LogP contribution < -0.4 is 4.90 Å². The van der Waals surface area contributed by atoms with Crippen LogP contribution in [0.25, 0.3) is 0 Å². The Morgan fingerprint density at radius 1 is 1.24 bits per heavy atom. The molecule has 4 rings (SSSR count). The van der Waals surface area contributed by atoms with Crippen molar-refractivity contribution in [2.75, 3.05) is 17.4 Å². The topological polar surface area (TPSA) is 47.3 Å². The van der Waals surface area contributed by atoms with Crippen molar-refractivity contribution in [1.82, 2.24) is 4.90 Å². The van der Waals surface area contributed by atoms with E-state index in [4.69, 9.17) is 0 Å². The van der Waals surface area contributed by atoms with Gasteiger partial charge in [0.2, 0.25) is 5.91 Å². The Balaban J connectivity index is 1.65. The third-order valence-corrected chi connectivity index (χ3v) is 6.51. The Kier molecular flexibility index (Phi) is 4.24. The van der Waals surface area contributed by atoms with Gasteiger partial charge in [-0.2, -0.15) is 5.26 Å². The maximum atomic E-state index is 13.1. The highest BCUT2D eigenvalue weighted by molar-refractivity contribution is 8.03. The number of carbonyl (C=O) groups is 1. The zero-order chi connectivity index (χ0) is 17.4. The second kappa shape index (κ2) is 6.54. The molecule has 0 spiro atoms. The summed E-state index contributed by atoms with van der Waals surface area (Å²) in [4.78, 5) is 17.5. The van der Waals surface area contributed by atoms with Gasteiger partial charge >= 0.3 is 0 Å². The van der Waals surface area contributed by atoms with Crippen molar-refractivity contribution < 1.29 is 9.18 Å². The number of fused-ring (bicyclic) bond motifs is 1. The number of rotatable bonds is 2. The fourth-order valence-electron chi connectivity index (χ4n) is 3.11. The third-order valence-electron chi connectivity index (χ3n) is 4.37. The van der Waals surface area contributed by atoms with Crippen LogP contribution in [0, 0.1) is 17.1 Å². The van der Waals surface area contributed by atoms with Gasteiger partial charge in [-0.1, -0.05) is 17.8 Å². The maximum Gasteiger partial charge on any atom is 0.229 e. The van der Waals surface area contributed by atoms with E-state index < -0.39 is 0 Å². The molecule has 25 heavy (non-hydrogen) atoms. The zero-order valence-corrected chi connectivity index (χ0v) is 14.8. The number of hydrogen-bond donors (Lipinski definition) is 0. The van der Waals surface area contributed by atoms with Crippen molar-refractivity contribution in [1.29, 1.82) is 5.26 Å². The molecule has 0 radical (unpaired) electrons. The number of nitrogens with zero attached hydrogens (tertiary/aromatic N) is 3. The Hall–Kier alpha value is -2.30. The fraction of sp³-hybridized carbons (Fsp3) is 0.222. The molecule has 0 N–H and O–H groups in total. The maximum absolute atomic E-state index is 13.1. The molecule has 7 heteroatoms. The summed E-state index contributed by atoms with van der Waals surface area (Å²) >= 11 is 3.07. The molecule has 2 aliphatic rings. The van der Waals surface area contributed by atoms with E-state index in [-0.39, 0.29) is 17.6 Å². The molecule has 0 unspecified atom stereocenters. The molecule has 1 amide bonds. The van der Waals surface area contributed by atoms with Gasteiger partial charge in [0.05, 0.1) is 29.2 Å². The Morgan fingerprint density at radius 3 is 2.72 bits per heavy atom. The molecule has 0 bridgehead atoms. The number of thioether (sulfide) groups is 1. The van der Waals surface area contributed by atoms with Crippen molar-refractivity contribution in [2.45, 2.75) is 12.3 Å². The smallest absolute Gasteiger partial charge is 0.229 e. The lowest BCUT2D eigenvalue weighted by molar-refractivity contribution is -0.129. The number of hydrogen-bond acceptors (Lipinski definition) is 5. The summed E-state index contributed by atoms with van der Waals surface area (Å²) in [5, 5.41) is 12.4. The predicted octanol–water partition coefficient (Wildman–Crippen LogP) is 4.11. The van der Waals surface area contributed by atoms with E-state index >= 15 is 0 Å². The first-order valence-corrected chi connectivity index (χ1v) is 9.65. The minimum atomic E-state index is -0.284. The van der Waals surface area contributed by atoms with Crippen LogP contribution in [0.4, 0.5) is 10.1 Å². The SMILES string of the molecule is N#CC1=C2SCN(c3ccc(F)cc3)CN2C(=O)C[C@H]1c1cccs1. The van der Waals surface area contributed by atoms with E-state index in [9.17, 15) is 14.4 Å². The first kappa shape index (κ1) is 16.2. The van der Waals surface area contributed by atoms with E-state index in [2.05, 4.69) is 6.07 Å². The van der Waals surface area contributed by atoms with E-state index in [1.54, 1.807) is 28.4 Å². The first-order valence-electron chi connectivity index (χ1n) is 7.78. The summed E-state index contributed by atoms with van der Waals surface area (Å²) in [5.74, 6) is 0.210. The van der Waals surface area contributed by atoms with Gasteiger partial charge in [-0.3, -0.25) is 9.69 Å². The van der Waals surface area contributed by atoms with Crippen molar-refractivity contribution in [3.05, 3.63) is 63.1 Å². The highest BCUT2D eigenvalue weighted by atomic mass is 32.2. The number of allylic oxidation sites excluding steroid dienone is 1. The van der Waals surface area contributed by atoms with Crippen LogP contribution >= 0.6 is 23.1 Å². The molecule has 3 heterocycles. The number of benzene rings is 1. The minimum absolute atomic E-state index is 0.0201. The van der Waals surface area contributed by atoms with Gasteiger partial charge in [0.1, 0.15) is 5.82 Å². The van der Waals surface area contributed by atoms with E-state index in [1.165, 1.54) is 23.9 Å². The third kappa shape index (κ3) is 2.92. The molecule has 0 aliphatic carbocycles. The van der Waals surface area contributed by atoms with Gasteiger partial charge in [-0.05, 0) is 35.7 Å². The summed E-state index contributed by atoms with van der Waals surface area (Å²) in [6.45, 7) is 0.384. The van der Waals surface area contributed by atoms with Crippen LogP contribution in [0.3, 0.4) is 0 Å². The van der Waals surface area contributed by atoms with Crippen molar-refractivity contribution in [2.24, 2.45) is 0 Å². The van der Waals surface area contributed by atoms with Gasteiger partial charge in [0.25, 0.3) is 0 Å². The van der Waals surface area contributed by atoms with Crippen LogP contribution in [0.5, 0.6) is 0 Å². The monoisotopic (exact) mass is 371 g/mol. The fourth-order valence-corrected chi connectivity index (χ4v) is 5.11. The Labute approximate surface area is 153 Å². The number of halogens is 1. The van der Waals surface area contributed by atoms with Gasteiger partial charge in [-0.25, -0.2) is 4.39 Å². The number of nitriles is 1. The quantitative estimate of drug-likeness (QED) is 0.797. The highest BCUT2D eigenvalue weighted by Gasteiger charge is 2.38. The lowest BCUT2D eigenvalue weighted by atomic mass is 9.92. The van der Waals surface area contributed by atoms with Gasteiger partial charge in [0.15, 0.2) is 0 Å². The van der Waals surface area contributed by atoms with Crippen molar-refractivity contribution >= 4 is 34.7 Å². The number of carbonyl (C=O) groups excluding carboxylic acids is 1. The molecule has 0 saturated carbocycles. The highest BCUT2D eigenvalue weighted by Crippen LogP contribution is 2.44. The summed E-state index contributed by atoms with van der Waals surface area (Å²) in [6, 6.07) is 12.5. The average molecular weight is 371 g/mol. The van der Waals surface area contributed by atoms with Crippen molar-refractivity contribution in [3.8, 4) is 6.07 Å². The van der Waals surface area contributed by atoms with Crippen LogP contribution in [0.2, 0.25) is 0 Å². The van der Waals surface area contributed by atoms with Crippen LogP contribution in [-0.4, -0.2) is 23.4 Å². The van der Waals surface area contributed by atoms with Crippen molar-refractivity contribution in [3.63, 3.8) is 0 Å². The second-order valence-electron chi connectivity index (χ2n) is 5.86. The molecule has 1 aromatic heterocycles. The standard InChI is InChI=1S/C18H14FN3OS2/c19-12-3-5-13(6-4-12)21-10-22-17(23)8-14(16-2-1-7-24-16)15(9-20)18(22)25-11-21/h1-7,14H,8,10-11H2/t14-/m1/s1. The van der Waals surface area contributed by atoms with Gasteiger partial charge in [-0.15, -0.1) is 11.3 Å². The molecule has 126 valence electrons. The normalized spacial score (nSPS) is 20.5. The molecular formula is C18H14FN3OS2. The average Bonchev–Trinajstić information content (AvgIpc) is 3.16. The molecule has 4 nitrogen and oxygen atoms in total. The number of anilines is 1. The Bertz CT molecular complexity index is 871. The van der Waals surface area contributed by atoms with Crippen LogP contribution in [0.1, 0.15) is 17.2 Å². The molecule has 1 aromatic carbocycles. The Morgan fingerprint density at radius 2 is 2.04 bits per heavy atom. The first-order chi connectivity index (χ1) is 12.2. The van der Waals surface area contributed by atoms with E-state index in [1.807, 2.05) is 22.4 Å². The molecule has 2 aliphatic heterocycles. The number of amides is 1. The summed E-state index contributed by atoms with van der Waals surface area (Å²) < 4.78 is 13.1. The molecule has 1 saturated heterocycles.